The van der Waals surface area contributed by atoms with Gasteiger partial charge >= 0.3 is 0 Å². The molecule has 0 spiro atoms. The number of thiol groups is 1. The Hall–Kier alpha value is 0.310. The van der Waals surface area contributed by atoms with E-state index in [1.165, 1.54) is 64.2 Å². The molecule has 2 fully saturated rings. The first-order valence-corrected chi connectivity index (χ1v) is 7.70. The zero-order chi connectivity index (χ0) is 11.3. The van der Waals surface area contributed by atoms with Gasteiger partial charge in [-0.05, 0) is 31.4 Å². The Morgan fingerprint density at radius 3 is 2.12 bits per heavy atom. The van der Waals surface area contributed by atoms with Gasteiger partial charge in [0.2, 0.25) is 0 Å². The van der Waals surface area contributed by atoms with Crippen LogP contribution < -0.4 is 0 Å². The van der Waals surface area contributed by atoms with E-state index in [1.54, 1.807) is 0 Å². The molecule has 16 heavy (non-hydrogen) atoms. The first-order chi connectivity index (χ1) is 7.85. The van der Waals surface area contributed by atoms with Crippen LogP contribution in [0.4, 0.5) is 0 Å². The van der Waals surface area contributed by atoms with E-state index in [0.29, 0.717) is 11.5 Å². The Bertz CT molecular complexity index is 191. The maximum atomic E-state index is 6.19. The zero-order valence-corrected chi connectivity index (χ0v) is 11.3. The number of hydrogen-bond acceptors (Lipinski definition) is 2. The lowest BCUT2D eigenvalue weighted by molar-refractivity contribution is -0.00632. The summed E-state index contributed by atoms with van der Waals surface area (Å²) in [5.41, 5.74) is 0.426. The molecule has 2 heteroatoms. The molecule has 94 valence electrons. The van der Waals surface area contributed by atoms with E-state index in [0.717, 1.165) is 12.4 Å². The number of rotatable bonds is 4. The first-order valence-electron chi connectivity index (χ1n) is 7.07. The van der Waals surface area contributed by atoms with Gasteiger partial charge in [0.15, 0.2) is 0 Å². The molecule has 2 rings (SSSR count). The standard InChI is InChI=1S/C14H26OS/c16-12-14(9-5-6-10-14)11-15-13-7-3-1-2-4-8-13/h13,16H,1-12H2. The molecule has 1 nitrogen and oxygen atoms in total. The summed E-state index contributed by atoms with van der Waals surface area (Å²) in [7, 11) is 0. The molecule has 0 aromatic rings. The summed E-state index contributed by atoms with van der Waals surface area (Å²) in [5.74, 6) is 1.01. The summed E-state index contributed by atoms with van der Waals surface area (Å²) < 4.78 is 6.19. The molecule has 0 heterocycles. The van der Waals surface area contributed by atoms with E-state index in [9.17, 15) is 0 Å². The third kappa shape index (κ3) is 3.40. The van der Waals surface area contributed by atoms with Crippen molar-refractivity contribution in [1.29, 1.82) is 0 Å². The van der Waals surface area contributed by atoms with Crippen LogP contribution in [0.15, 0.2) is 0 Å². The second-order valence-electron chi connectivity index (χ2n) is 5.79. The molecule has 2 aliphatic carbocycles. The molecule has 2 saturated carbocycles. The smallest absolute Gasteiger partial charge is 0.0575 e. The van der Waals surface area contributed by atoms with Crippen LogP contribution >= 0.6 is 12.6 Å². The lowest BCUT2D eigenvalue weighted by Gasteiger charge is -2.29. The van der Waals surface area contributed by atoms with Gasteiger partial charge in [-0.15, -0.1) is 0 Å². The van der Waals surface area contributed by atoms with Crippen LogP contribution in [-0.4, -0.2) is 18.5 Å². The Kier molecular flexibility index (Phi) is 5.02. The molecule has 0 aromatic heterocycles. The van der Waals surface area contributed by atoms with Crippen LogP contribution in [0.1, 0.15) is 64.2 Å². The molecule has 0 unspecified atom stereocenters. The highest BCUT2D eigenvalue weighted by Gasteiger charge is 2.33. The normalized spacial score (nSPS) is 26.8. The van der Waals surface area contributed by atoms with E-state index in [1.807, 2.05) is 0 Å². The Balaban J connectivity index is 1.76. The van der Waals surface area contributed by atoms with Crippen molar-refractivity contribution in [3.63, 3.8) is 0 Å². The predicted octanol–water partition coefficient (Wildman–Crippen LogP) is 4.22. The highest BCUT2D eigenvalue weighted by molar-refractivity contribution is 7.80. The van der Waals surface area contributed by atoms with E-state index < -0.39 is 0 Å². The quantitative estimate of drug-likeness (QED) is 0.574. The fourth-order valence-electron chi connectivity index (χ4n) is 3.18. The van der Waals surface area contributed by atoms with Crippen LogP contribution in [-0.2, 0) is 4.74 Å². The molecule has 0 bridgehead atoms. The molecule has 0 aromatic carbocycles. The highest BCUT2D eigenvalue weighted by Crippen LogP contribution is 2.39. The fraction of sp³-hybridized carbons (Fsp3) is 1.00. The Morgan fingerprint density at radius 1 is 0.938 bits per heavy atom. The van der Waals surface area contributed by atoms with Crippen LogP contribution in [0, 0.1) is 5.41 Å². The van der Waals surface area contributed by atoms with Gasteiger partial charge in [-0.1, -0.05) is 38.5 Å². The predicted molar refractivity (Wildman–Crippen MR) is 72.2 cm³/mol. The van der Waals surface area contributed by atoms with Gasteiger partial charge < -0.3 is 4.74 Å². The second-order valence-corrected chi connectivity index (χ2v) is 6.11. The van der Waals surface area contributed by atoms with Crippen molar-refractivity contribution in [3.05, 3.63) is 0 Å². The van der Waals surface area contributed by atoms with Gasteiger partial charge in [-0.2, -0.15) is 12.6 Å². The van der Waals surface area contributed by atoms with E-state index in [4.69, 9.17) is 4.74 Å². The van der Waals surface area contributed by atoms with Crippen LogP contribution in [0.2, 0.25) is 0 Å². The largest absolute Gasteiger partial charge is 0.378 e. The minimum absolute atomic E-state index is 0.426. The molecular formula is C14H26OS. The van der Waals surface area contributed by atoms with E-state index >= 15 is 0 Å². The molecule has 0 radical (unpaired) electrons. The van der Waals surface area contributed by atoms with Gasteiger partial charge in [0.1, 0.15) is 0 Å². The molecule has 0 saturated heterocycles. The summed E-state index contributed by atoms with van der Waals surface area (Å²) in [5, 5.41) is 0. The van der Waals surface area contributed by atoms with Crippen molar-refractivity contribution in [2.45, 2.75) is 70.3 Å². The van der Waals surface area contributed by atoms with Crippen LogP contribution in [0.25, 0.3) is 0 Å². The van der Waals surface area contributed by atoms with Gasteiger partial charge in [0.05, 0.1) is 12.7 Å². The fourth-order valence-corrected chi connectivity index (χ4v) is 3.58. The summed E-state index contributed by atoms with van der Waals surface area (Å²) in [6, 6.07) is 0. The molecule has 0 N–H and O–H groups in total. The van der Waals surface area contributed by atoms with Crippen molar-refractivity contribution in [1.82, 2.24) is 0 Å². The molecule has 0 atom stereocenters. The topological polar surface area (TPSA) is 9.23 Å². The van der Waals surface area contributed by atoms with Gasteiger partial charge in [0.25, 0.3) is 0 Å². The lowest BCUT2D eigenvalue weighted by atomic mass is 9.89. The van der Waals surface area contributed by atoms with Crippen molar-refractivity contribution < 1.29 is 4.74 Å². The molecule has 2 aliphatic rings. The summed E-state index contributed by atoms with van der Waals surface area (Å²) >= 11 is 4.54. The third-order valence-corrected chi connectivity index (χ3v) is 5.10. The van der Waals surface area contributed by atoms with Gasteiger partial charge in [-0.3, -0.25) is 0 Å². The second kappa shape index (κ2) is 6.30. The highest BCUT2D eigenvalue weighted by atomic mass is 32.1. The van der Waals surface area contributed by atoms with E-state index in [2.05, 4.69) is 12.6 Å². The van der Waals surface area contributed by atoms with Crippen molar-refractivity contribution in [3.8, 4) is 0 Å². The maximum Gasteiger partial charge on any atom is 0.0575 e. The first kappa shape index (κ1) is 12.8. The van der Waals surface area contributed by atoms with Crippen molar-refractivity contribution in [2.24, 2.45) is 5.41 Å². The monoisotopic (exact) mass is 242 g/mol. The van der Waals surface area contributed by atoms with Crippen molar-refractivity contribution >= 4 is 12.6 Å². The molecule has 0 aliphatic heterocycles. The average molecular weight is 242 g/mol. The summed E-state index contributed by atoms with van der Waals surface area (Å²) in [6.45, 7) is 0.973. The molecule has 0 amide bonds. The maximum absolute atomic E-state index is 6.19. The van der Waals surface area contributed by atoms with Gasteiger partial charge in [0, 0.05) is 5.41 Å². The van der Waals surface area contributed by atoms with Crippen LogP contribution in [0.5, 0.6) is 0 Å². The van der Waals surface area contributed by atoms with Crippen LogP contribution in [0.3, 0.4) is 0 Å². The summed E-state index contributed by atoms with van der Waals surface area (Å²) in [4.78, 5) is 0. The van der Waals surface area contributed by atoms with E-state index in [-0.39, 0.29) is 0 Å². The minimum atomic E-state index is 0.426. The Labute approximate surface area is 106 Å². The number of hydrogen-bond donors (Lipinski definition) is 1. The summed E-state index contributed by atoms with van der Waals surface area (Å²) in [6.07, 6.45) is 14.2. The molecular weight excluding hydrogens is 216 g/mol. The SMILES string of the molecule is SCC1(COC2CCCCCC2)CCCC1. The van der Waals surface area contributed by atoms with Crippen molar-refractivity contribution in [2.75, 3.05) is 12.4 Å². The average Bonchev–Trinajstić information content (AvgIpc) is 2.63. The van der Waals surface area contributed by atoms with Gasteiger partial charge in [-0.25, -0.2) is 0 Å². The zero-order valence-electron chi connectivity index (χ0n) is 10.4. The number of ether oxygens (including phenoxy) is 1. The third-order valence-electron chi connectivity index (χ3n) is 4.43. The Morgan fingerprint density at radius 2 is 1.56 bits per heavy atom. The minimum Gasteiger partial charge on any atom is -0.378 e. The lowest BCUT2D eigenvalue weighted by Crippen LogP contribution is -2.28.